The van der Waals surface area contributed by atoms with E-state index < -0.39 is 0 Å². The lowest BCUT2D eigenvalue weighted by atomic mass is 9.47. The summed E-state index contributed by atoms with van der Waals surface area (Å²) in [7, 11) is 0. The highest BCUT2D eigenvalue weighted by Crippen LogP contribution is 2.62. The minimum Gasteiger partial charge on any atom is -0.393 e. The molecule has 146 valence electrons. The highest BCUT2D eigenvalue weighted by atomic mass is 16.3. The molecule has 0 saturated heterocycles. The molecule has 0 aromatic heterocycles. The molecule has 0 amide bonds. The Balaban J connectivity index is 1.89. The summed E-state index contributed by atoms with van der Waals surface area (Å²) in [4.78, 5) is 0. The van der Waals surface area contributed by atoms with Crippen LogP contribution in [0.1, 0.15) is 92.4 Å². The SMILES string of the molecule is CC1CC(C2(C3CCC(O)C(C)C3)CCC(C)C(C)(C)C2)CCC1O. The maximum absolute atomic E-state index is 10.3. The maximum atomic E-state index is 10.3. The zero-order chi connectivity index (χ0) is 18.4. The second-order valence-electron chi connectivity index (χ2n) is 10.9. The highest BCUT2D eigenvalue weighted by Gasteiger charge is 2.53. The zero-order valence-corrected chi connectivity index (χ0v) is 17.3. The third-order valence-electron chi connectivity index (χ3n) is 9.04. The quantitative estimate of drug-likeness (QED) is 0.699. The Morgan fingerprint density at radius 3 is 1.60 bits per heavy atom. The minimum absolute atomic E-state index is 0.0871. The molecule has 3 rings (SSSR count). The van der Waals surface area contributed by atoms with Crippen LogP contribution in [0.15, 0.2) is 0 Å². The fourth-order valence-corrected chi connectivity index (χ4v) is 6.82. The molecule has 0 aromatic rings. The van der Waals surface area contributed by atoms with Crippen LogP contribution in [0.3, 0.4) is 0 Å². The maximum Gasteiger partial charge on any atom is 0.0566 e. The molecule has 7 atom stereocenters. The topological polar surface area (TPSA) is 40.5 Å². The summed E-state index contributed by atoms with van der Waals surface area (Å²) in [5.41, 5.74) is 0.857. The molecule has 25 heavy (non-hydrogen) atoms. The molecule has 2 nitrogen and oxygen atoms in total. The Bertz CT molecular complexity index is 431. The van der Waals surface area contributed by atoms with Crippen LogP contribution in [0, 0.1) is 40.4 Å². The van der Waals surface area contributed by atoms with Crippen LogP contribution in [0.2, 0.25) is 0 Å². The summed E-state index contributed by atoms with van der Waals surface area (Å²) in [6.45, 7) is 12.0. The van der Waals surface area contributed by atoms with E-state index in [0.29, 0.717) is 22.7 Å². The summed E-state index contributed by atoms with van der Waals surface area (Å²) >= 11 is 0. The first kappa shape index (κ1) is 19.7. The predicted molar refractivity (Wildman–Crippen MR) is 104 cm³/mol. The number of aliphatic hydroxyl groups excluding tert-OH is 2. The average molecular weight is 351 g/mol. The second-order valence-corrected chi connectivity index (χ2v) is 10.9. The van der Waals surface area contributed by atoms with Crippen LogP contribution in [-0.2, 0) is 0 Å². The molecule has 7 unspecified atom stereocenters. The molecule has 0 bridgehead atoms. The van der Waals surface area contributed by atoms with Gasteiger partial charge in [-0.25, -0.2) is 0 Å². The molecule has 3 fully saturated rings. The lowest BCUT2D eigenvalue weighted by Gasteiger charge is -2.59. The van der Waals surface area contributed by atoms with E-state index in [1.807, 2.05) is 0 Å². The van der Waals surface area contributed by atoms with Crippen molar-refractivity contribution in [1.82, 2.24) is 0 Å². The summed E-state index contributed by atoms with van der Waals surface area (Å²) in [5.74, 6) is 3.24. The molecule has 0 radical (unpaired) electrons. The molecule has 0 aliphatic heterocycles. The van der Waals surface area contributed by atoms with E-state index in [2.05, 4.69) is 34.6 Å². The van der Waals surface area contributed by atoms with Gasteiger partial charge in [0.25, 0.3) is 0 Å². The van der Waals surface area contributed by atoms with Crippen molar-refractivity contribution in [3.63, 3.8) is 0 Å². The monoisotopic (exact) mass is 350 g/mol. The Labute approximate surface area is 155 Å². The molecule has 0 spiro atoms. The second kappa shape index (κ2) is 7.15. The van der Waals surface area contributed by atoms with Crippen LogP contribution in [0.25, 0.3) is 0 Å². The Morgan fingerprint density at radius 1 is 0.720 bits per heavy atom. The molecule has 2 heteroatoms. The lowest BCUT2D eigenvalue weighted by molar-refractivity contribution is -0.106. The largest absolute Gasteiger partial charge is 0.393 e. The van der Waals surface area contributed by atoms with Crippen molar-refractivity contribution in [1.29, 1.82) is 0 Å². The van der Waals surface area contributed by atoms with Gasteiger partial charge in [0.1, 0.15) is 0 Å². The van der Waals surface area contributed by atoms with E-state index in [1.165, 1.54) is 44.9 Å². The first-order chi connectivity index (χ1) is 11.7. The number of hydrogen-bond acceptors (Lipinski definition) is 2. The van der Waals surface area contributed by atoms with Gasteiger partial charge in [-0.05, 0) is 98.2 Å². The first-order valence-electron chi connectivity index (χ1n) is 11.0. The van der Waals surface area contributed by atoms with Crippen molar-refractivity contribution in [3.05, 3.63) is 0 Å². The van der Waals surface area contributed by atoms with E-state index in [9.17, 15) is 10.2 Å². The molecule has 0 aromatic carbocycles. The van der Waals surface area contributed by atoms with Gasteiger partial charge in [-0.3, -0.25) is 0 Å². The molecule has 3 aliphatic carbocycles. The van der Waals surface area contributed by atoms with Crippen molar-refractivity contribution >= 4 is 0 Å². The number of hydrogen-bond donors (Lipinski definition) is 2. The minimum atomic E-state index is -0.0871. The molecule has 3 saturated carbocycles. The van der Waals surface area contributed by atoms with Gasteiger partial charge in [0.2, 0.25) is 0 Å². The van der Waals surface area contributed by atoms with Crippen LogP contribution in [0.5, 0.6) is 0 Å². The van der Waals surface area contributed by atoms with E-state index in [-0.39, 0.29) is 12.2 Å². The van der Waals surface area contributed by atoms with Crippen LogP contribution in [0.4, 0.5) is 0 Å². The van der Waals surface area contributed by atoms with Crippen LogP contribution >= 0.6 is 0 Å². The Kier molecular flexibility index (Phi) is 5.63. The smallest absolute Gasteiger partial charge is 0.0566 e. The average Bonchev–Trinajstić information content (AvgIpc) is 2.55. The molecular weight excluding hydrogens is 308 g/mol. The molecule has 2 N–H and O–H groups in total. The third kappa shape index (κ3) is 3.68. The van der Waals surface area contributed by atoms with Gasteiger partial charge < -0.3 is 10.2 Å². The van der Waals surface area contributed by atoms with Gasteiger partial charge in [-0.2, -0.15) is 0 Å². The Hall–Kier alpha value is -0.0800. The standard InChI is InChI=1S/C23H42O2/c1-15-12-18(6-8-20(15)24)23(11-10-17(3)22(4,5)14-23)19-7-9-21(25)16(2)13-19/h15-21,24-25H,6-14H2,1-5H3. The predicted octanol–water partition coefficient (Wildman–Crippen LogP) is 5.41. The van der Waals surface area contributed by atoms with E-state index in [1.54, 1.807) is 0 Å². The normalized spacial score (nSPS) is 51.2. The summed E-state index contributed by atoms with van der Waals surface area (Å²) < 4.78 is 0. The van der Waals surface area contributed by atoms with Crippen LogP contribution in [-0.4, -0.2) is 22.4 Å². The first-order valence-corrected chi connectivity index (χ1v) is 11.0. The van der Waals surface area contributed by atoms with Crippen LogP contribution < -0.4 is 0 Å². The Morgan fingerprint density at radius 2 is 1.20 bits per heavy atom. The van der Waals surface area contributed by atoms with Crippen molar-refractivity contribution in [2.45, 2.75) is 105 Å². The zero-order valence-electron chi connectivity index (χ0n) is 17.3. The fraction of sp³-hybridized carbons (Fsp3) is 1.00. The van der Waals surface area contributed by atoms with Crippen molar-refractivity contribution in [2.24, 2.45) is 40.4 Å². The van der Waals surface area contributed by atoms with Gasteiger partial charge in [0, 0.05) is 0 Å². The lowest BCUT2D eigenvalue weighted by Crippen LogP contribution is -2.51. The van der Waals surface area contributed by atoms with Crippen molar-refractivity contribution < 1.29 is 10.2 Å². The fourth-order valence-electron chi connectivity index (χ4n) is 6.82. The number of rotatable bonds is 2. The third-order valence-corrected chi connectivity index (χ3v) is 9.04. The van der Waals surface area contributed by atoms with Gasteiger partial charge in [-0.1, -0.05) is 34.6 Å². The number of aliphatic hydroxyl groups is 2. The molecular formula is C23H42O2. The molecule has 3 aliphatic rings. The summed E-state index contributed by atoms with van der Waals surface area (Å²) in [6, 6.07) is 0. The molecule has 0 heterocycles. The summed E-state index contributed by atoms with van der Waals surface area (Å²) in [5, 5.41) is 20.6. The van der Waals surface area contributed by atoms with Gasteiger partial charge in [-0.15, -0.1) is 0 Å². The van der Waals surface area contributed by atoms with E-state index in [0.717, 1.165) is 30.6 Å². The summed E-state index contributed by atoms with van der Waals surface area (Å²) in [6.07, 6.45) is 10.7. The van der Waals surface area contributed by atoms with E-state index >= 15 is 0 Å². The van der Waals surface area contributed by atoms with Gasteiger partial charge >= 0.3 is 0 Å². The highest BCUT2D eigenvalue weighted by molar-refractivity contribution is 5.03. The van der Waals surface area contributed by atoms with Gasteiger partial charge in [0.05, 0.1) is 12.2 Å². The van der Waals surface area contributed by atoms with Gasteiger partial charge in [0.15, 0.2) is 0 Å². The van der Waals surface area contributed by atoms with Crippen molar-refractivity contribution in [2.75, 3.05) is 0 Å². The van der Waals surface area contributed by atoms with Crippen molar-refractivity contribution in [3.8, 4) is 0 Å². The van der Waals surface area contributed by atoms with E-state index in [4.69, 9.17) is 0 Å².